The highest BCUT2D eigenvalue weighted by atomic mass is 16.2. The number of anilines is 2. The molecule has 2 heterocycles. The van der Waals surface area contributed by atoms with Crippen LogP contribution < -0.4 is 11.1 Å². The number of carbonyl (C=O) groups is 2. The van der Waals surface area contributed by atoms with E-state index in [-0.39, 0.29) is 5.91 Å². The third-order valence-corrected chi connectivity index (χ3v) is 3.90. The van der Waals surface area contributed by atoms with Crippen molar-refractivity contribution < 1.29 is 9.59 Å². The molecule has 6 nitrogen and oxygen atoms in total. The van der Waals surface area contributed by atoms with Gasteiger partial charge in [0, 0.05) is 37.7 Å². The summed E-state index contributed by atoms with van der Waals surface area (Å²) in [5, 5.41) is 2.84. The molecule has 3 aromatic rings. The molecule has 0 fully saturated rings. The van der Waals surface area contributed by atoms with Gasteiger partial charge in [-0.05, 0) is 29.8 Å². The molecule has 122 valence electrons. The average Bonchev–Trinajstić information content (AvgIpc) is 3.10. The summed E-state index contributed by atoms with van der Waals surface area (Å²) < 4.78 is 3.46. The standard InChI is InChI=1S/C18H18N4O2/c1-21-9-13(7-16(21)11-23)12-3-5-15(6-4-12)20-18(24)17-8-14(19)10-22(17)2/h3-11H,19H2,1-2H3,(H,20,24). The van der Waals surface area contributed by atoms with Crippen LogP contribution in [0.1, 0.15) is 21.0 Å². The van der Waals surface area contributed by atoms with Crippen molar-refractivity contribution in [3.05, 3.63) is 60.2 Å². The summed E-state index contributed by atoms with van der Waals surface area (Å²) in [4.78, 5) is 23.2. The Kier molecular flexibility index (Phi) is 3.95. The third kappa shape index (κ3) is 2.94. The topological polar surface area (TPSA) is 82.0 Å². The van der Waals surface area contributed by atoms with Gasteiger partial charge in [-0.1, -0.05) is 12.1 Å². The van der Waals surface area contributed by atoms with Gasteiger partial charge in [0.25, 0.3) is 5.91 Å². The van der Waals surface area contributed by atoms with Crippen molar-refractivity contribution in [1.29, 1.82) is 0 Å². The molecule has 0 radical (unpaired) electrons. The Bertz CT molecular complexity index is 904. The second-order valence-electron chi connectivity index (χ2n) is 5.68. The molecule has 2 aromatic heterocycles. The highest BCUT2D eigenvalue weighted by Gasteiger charge is 2.11. The Morgan fingerprint density at radius 1 is 1.04 bits per heavy atom. The summed E-state index contributed by atoms with van der Waals surface area (Å²) in [6, 6.07) is 10.9. The number of nitrogens with zero attached hydrogens (tertiary/aromatic N) is 2. The van der Waals surface area contributed by atoms with Crippen LogP contribution in [0.2, 0.25) is 0 Å². The lowest BCUT2D eigenvalue weighted by molar-refractivity contribution is 0.101. The van der Waals surface area contributed by atoms with Gasteiger partial charge in [-0.2, -0.15) is 0 Å². The predicted molar refractivity (Wildman–Crippen MR) is 94.0 cm³/mol. The second-order valence-corrected chi connectivity index (χ2v) is 5.68. The lowest BCUT2D eigenvalue weighted by Gasteiger charge is -2.07. The largest absolute Gasteiger partial charge is 0.397 e. The SMILES string of the molecule is Cn1cc(-c2ccc(NC(=O)c3cc(N)cn3C)cc2)cc1C=O. The van der Waals surface area contributed by atoms with E-state index in [4.69, 9.17) is 5.73 Å². The Balaban J connectivity index is 1.78. The number of benzene rings is 1. The Labute approximate surface area is 139 Å². The fourth-order valence-corrected chi connectivity index (χ4v) is 2.61. The number of aldehydes is 1. The van der Waals surface area contributed by atoms with Crippen LogP contribution in [0.3, 0.4) is 0 Å². The number of aryl methyl sites for hydroxylation is 2. The number of carbonyl (C=O) groups excluding carboxylic acids is 2. The van der Waals surface area contributed by atoms with E-state index in [2.05, 4.69) is 5.32 Å². The monoisotopic (exact) mass is 322 g/mol. The quantitative estimate of drug-likeness (QED) is 0.725. The summed E-state index contributed by atoms with van der Waals surface area (Å²) in [6.45, 7) is 0. The van der Waals surface area contributed by atoms with Crippen molar-refractivity contribution in [2.24, 2.45) is 14.1 Å². The molecule has 6 heteroatoms. The van der Waals surface area contributed by atoms with Crippen molar-refractivity contribution in [2.45, 2.75) is 0 Å². The molecular weight excluding hydrogens is 304 g/mol. The minimum Gasteiger partial charge on any atom is -0.397 e. The first kappa shape index (κ1) is 15.6. The van der Waals surface area contributed by atoms with E-state index in [1.807, 2.05) is 43.6 Å². The average molecular weight is 322 g/mol. The number of amides is 1. The van der Waals surface area contributed by atoms with Crippen LogP contribution in [0.4, 0.5) is 11.4 Å². The number of hydrogen-bond donors (Lipinski definition) is 2. The maximum absolute atomic E-state index is 12.3. The summed E-state index contributed by atoms with van der Waals surface area (Å²) in [7, 11) is 3.60. The lowest BCUT2D eigenvalue weighted by atomic mass is 10.1. The summed E-state index contributed by atoms with van der Waals surface area (Å²) >= 11 is 0. The van der Waals surface area contributed by atoms with Gasteiger partial charge in [-0.25, -0.2) is 0 Å². The van der Waals surface area contributed by atoms with Crippen molar-refractivity contribution in [3.63, 3.8) is 0 Å². The zero-order valence-corrected chi connectivity index (χ0v) is 13.5. The van der Waals surface area contributed by atoms with Gasteiger partial charge >= 0.3 is 0 Å². The van der Waals surface area contributed by atoms with E-state index >= 15 is 0 Å². The smallest absolute Gasteiger partial charge is 0.272 e. The molecule has 3 rings (SSSR count). The number of rotatable bonds is 4. The van der Waals surface area contributed by atoms with Crippen LogP contribution in [0.5, 0.6) is 0 Å². The van der Waals surface area contributed by atoms with Gasteiger partial charge in [0.2, 0.25) is 0 Å². The van der Waals surface area contributed by atoms with Gasteiger partial charge in [-0.15, -0.1) is 0 Å². The fraction of sp³-hybridized carbons (Fsp3) is 0.111. The van der Waals surface area contributed by atoms with Gasteiger partial charge in [0.15, 0.2) is 6.29 Å². The summed E-state index contributed by atoms with van der Waals surface area (Å²) in [6.07, 6.45) is 4.41. The molecule has 0 atom stereocenters. The molecule has 0 saturated heterocycles. The fourth-order valence-electron chi connectivity index (χ4n) is 2.61. The molecule has 1 aromatic carbocycles. The predicted octanol–water partition coefficient (Wildman–Crippen LogP) is 2.68. The van der Waals surface area contributed by atoms with Crippen LogP contribution in [0, 0.1) is 0 Å². The number of nitrogens with one attached hydrogen (secondary N) is 1. The Hall–Kier alpha value is -3.28. The molecule has 0 bridgehead atoms. The molecule has 0 spiro atoms. The number of aromatic nitrogens is 2. The van der Waals surface area contributed by atoms with E-state index in [0.29, 0.717) is 22.8 Å². The molecule has 0 aliphatic heterocycles. The van der Waals surface area contributed by atoms with Gasteiger partial charge in [-0.3, -0.25) is 9.59 Å². The minimum absolute atomic E-state index is 0.218. The zero-order valence-electron chi connectivity index (χ0n) is 13.5. The van der Waals surface area contributed by atoms with Crippen molar-refractivity contribution >= 4 is 23.6 Å². The number of nitrogen functional groups attached to an aromatic ring is 1. The van der Waals surface area contributed by atoms with Crippen LogP contribution in [0.25, 0.3) is 11.1 Å². The molecular formula is C18H18N4O2. The van der Waals surface area contributed by atoms with Crippen molar-refractivity contribution in [1.82, 2.24) is 9.13 Å². The zero-order chi connectivity index (χ0) is 17.3. The molecule has 24 heavy (non-hydrogen) atoms. The molecule has 3 N–H and O–H groups in total. The van der Waals surface area contributed by atoms with E-state index < -0.39 is 0 Å². The minimum atomic E-state index is -0.218. The summed E-state index contributed by atoms with van der Waals surface area (Å²) in [5.41, 5.74) is 9.97. The molecule has 0 aliphatic rings. The molecule has 0 saturated carbocycles. The highest BCUT2D eigenvalue weighted by molar-refractivity contribution is 6.03. The van der Waals surface area contributed by atoms with Crippen molar-refractivity contribution in [3.8, 4) is 11.1 Å². The van der Waals surface area contributed by atoms with Crippen LogP contribution >= 0.6 is 0 Å². The van der Waals surface area contributed by atoms with Gasteiger partial charge in [0.05, 0.1) is 11.4 Å². The number of hydrogen-bond acceptors (Lipinski definition) is 3. The summed E-state index contributed by atoms with van der Waals surface area (Å²) in [5.74, 6) is -0.218. The van der Waals surface area contributed by atoms with E-state index in [1.54, 1.807) is 28.4 Å². The van der Waals surface area contributed by atoms with Crippen LogP contribution in [-0.4, -0.2) is 21.3 Å². The van der Waals surface area contributed by atoms with Gasteiger partial charge < -0.3 is 20.2 Å². The normalized spacial score (nSPS) is 10.6. The van der Waals surface area contributed by atoms with Crippen LogP contribution in [0.15, 0.2) is 48.8 Å². The maximum atomic E-state index is 12.3. The highest BCUT2D eigenvalue weighted by Crippen LogP contribution is 2.23. The lowest BCUT2D eigenvalue weighted by Crippen LogP contribution is -2.15. The van der Waals surface area contributed by atoms with E-state index in [1.165, 1.54) is 0 Å². The van der Waals surface area contributed by atoms with E-state index in [0.717, 1.165) is 17.4 Å². The molecule has 0 aliphatic carbocycles. The Morgan fingerprint density at radius 2 is 1.75 bits per heavy atom. The second kappa shape index (κ2) is 6.08. The Morgan fingerprint density at radius 3 is 2.29 bits per heavy atom. The van der Waals surface area contributed by atoms with Gasteiger partial charge in [0.1, 0.15) is 5.69 Å². The van der Waals surface area contributed by atoms with Crippen molar-refractivity contribution in [2.75, 3.05) is 11.1 Å². The third-order valence-electron chi connectivity index (χ3n) is 3.90. The number of nitrogens with two attached hydrogens (primary N) is 1. The molecule has 0 unspecified atom stereocenters. The first-order valence-electron chi connectivity index (χ1n) is 7.43. The first-order chi connectivity index (χ1) is 11.5. The first-order valence-corrected chi connectivity index (χ1v) is 7.43. The van der Waals surface area contributed by atoms with Crippen LogP contribution in [-0.2, 0) is 14.1 Å². The van der Waals surface area contributed by atoms with E-state index in [9.17, 15) is 9.59 Å². The molecule has 1 amide bonds. The maximum Gasteiger partial charge on any atom is 0.272 e.